The molecule has 0 aromatic heterocycles. The van der Waals surface area contributed by atoms with Gasteiger partial charge in [0.15, 0.2) is 5.17 Å². The lowest BCUT2D eigenvalue weighted by molar-refractivity contribution is -0.112. The molecule has 2 unspecified atom stereocenters. The topological polar surface area (TPSA) is 67.5 Å². The largest absolute Gasteiger partial charge is 0.379 e. The van der Waals surface area contributed by atoms with E-state index in [1.54, 1.807) is 24.3 Å². The summed E-state index contributed by atoms with van der Waals surface area (Å²) in [6.07, 6.45) is 6.67. The molecule has 1 aliphatic heterocycles. The molecule has 2 aliphatic rings. The van der Waals surface area contributed by atoms with Crippen LogP contribution >= 0.6 is 23.4 Å². The van der Waals surface area contributed by atoms with Crippen molar-refractivity contribution < 1.29 is 9.18 Å². The monoisotopic (exact) mass is 379 g/mol. The van der Waals surface area contributed by atoms with Crippen molar-refractivity contribution >= 4 is 40.1 Å². The van der Waals surface area contributed by atoms with Crippen molar-refractivity contribution in [2.45, 2.75) is 30.7 Å². The zero-order valence-electron chi connectivity index (χ0n) is 13.8. The minimum absolute atomic E-state index is 0.127. The van der Waals surface area contributed by atoms with Crippen LogP contribution in [-0.2, 0) is 10.3 Å². The van der Waals surface area contributed by atoms with Gasteiger partial charge < -0.3 is 11.1 Å². The Bertz CT molecular complexity index is 793. The van der Waals surface area contributed by atoms with Crippen LogP contribution in [0.25, 0.3) is 0 Å². The normalized spacial score (nSPS) is 26.0. The van der Waals surface area contributed by atoms with Crippen LogP contribution in [0, 0.1) is 5.82 Å². The fourth-order valence-electron chi connectivity index (χ4n) is 2.84. The Balaban J connectivity index is 1.86. The van der Waals surface area contributed by atoms with Crippen molar-refractivity contribution in [1.29, 1.82) is 0 Å². The number of aliphatic imine (C=N–C) groups is 1. The molecule has 1 aromatic carbocycles. The van der Waals surface area contributed by atoms with Gasteiger partial charge in [-0.2, -0.15) is 0 Å². The van der Waals surface area contributed by atoms with Crippen LogP contribution in [-0.4, -0.2) is 22.2 Å². The molecule has 1 amide bonds. The van der Waals surface area contributed by atoms with Crippen LogP contribution < -0.4 is 11.1 Å². The number of carbonyl (C=O) groups is 1. The minimum Gasteiger partial charge on any atom is -0.379 e. The lowest BCUT2D eigenvalue weighted by Crippen LogP contribution is -2.29. The van der Waals surface area contributed by atoms with Gasteiger partial charge >= 0.3 is 0 Å². The van der Waals surface area contributed by atoms with E-state index < -0.39 is 11.4 Å². The molecule has 0 radical (unpaired) electrons. The molecule has 4 nitrogen and oxygen atoms in total. The fourth-order valence-corrected chi connectivity index (χ4v) is 4.05. The first-order chi connectivity index (χ1) is 11.9. The number of hydrogen-bond acceptors (Lipinski definition) is 4. The number of allylic oxidation sites excluding steroid dienone is 2. The van der Waals surface area contributed by atoms with Crippen molar-refractivity contribution in [3.8, 4) is 0 Å². The van der Waals surface area contributed by atoms with Crippen molar-refractivity contribution in [3.63, 3.8) is 0 Å². The summed E-state index contributed by atoms with van der Waals surface area (Å²) in [5, 5.41) is 2.93. The highest BCUT2D eigenvalue weighted by molar-refractivity contribution is 8.13. The number of nitrogens with zero attached hydrogens (tertiary/aromatic N) is 1. The Morgan fingerprint density at radius 1 is 1.52 bits per heavy atom. The quantitative estimate of drug-likeness (QED) is 0.782. The zero-order chi connectivity index (χ0) is 18.0. The molecular weight excluding hydrogens is 361 g/mol. The van der Waals surface area contributed by atoms with E-state index in [9.17, 15) is 9.18 Å². The van der Waals surface area contributed by atoms with Gasteiger partial charge in [0.25, 0.3) is 5.91 Å². The number of carbonyl (C=O) groups excluding carboxylic acids is 1. The highest BCUT2D eigenvalue weighted by Gasteiger charge is 2.30. The first-order valence-electron chi connectivity index (χ1n) is 7.99. The number of halogens is 2. The van der Waals surface area contributed by atoms with Gasteiger partial charge in [-0.3, -0.25) is 9.79 Å². The maximum absolute atomic E-state index is 14.2. The molecule has 0 fully saturated rings. The van der Waals surface area contributed by atoms with E-state index in [4.69, 9.17) is 17.3 Å². The molecule has 0 spiro atoms. The first-order valence-corrected chi connectivity index (χ1v) is 9.41. The molecular formula is C18H19ClFN3OS. The highest BCUT2D eigenvalue weighted by atomic mass is 35.5. The molecule has 25 heavy (non-hydrogen) atoms. The van der Waals surface area contributed by atoms with Crippen LogP contribution in [0.4, 0.5) is 10.1 Å². The molecule has 0 saturated heterocycles. The number of hydrogen-bond donors (Lipinski definition) is 2. The number of nitrogens with two attached hydrogens (primary N) is 1. The van der Waals surface area contributed by atoms with Gasteiger partial charge in [-0.25, -0.2) is 4.39 Å². The molecule has 1 aromatic rings. The van der Waals surface area contributed by atoms with Crippen molar-refractivity contribution in [3.05, 3.63) is 53.4 Å². The molecule has 1 heterocycles. The van der Waals surface area contributed by atoms with Crippen LogP contribution in [0.2, 0.25) is 0 Å². The van der Waals surface area contributed by atoms with E-state index in [1.165, 1.54) is 17.8 Å². The number of thioether (sulfide) groups is 1. The summed E-state index contributed by atoms with van der Waals surface area (Å²) in [5.41, 5.74) is 6.70. The average Bonchev–Trinajstić information content (AvgIpc) is 2.56. The summed E-state index contributed by atoms with van der Waals surface area (Å²) in [7, 11) is 0. The fraction of sp³-hybridized carbons (Fsp3) is 0.333. The zero-order valence-corrected chi connectivity index (χ0v) is 15.3. The molecule has 1 aliphatic carbocycles. The van der Waals surface area contributed by atoms with Gasteiger partial charge in [-0.15, -0.1) is 11.6 Å². The Morgan fingerprint density at radius 2 is 2.32 bits per heavy atom. The first kappa shape index (κ1) is 18.0. The summed E-state index contributed by atoms with van der Waals surface area (Å²) in [6.45, 7) is 1.96. The molecule has 2 atom stereocenters. The third-order valence-corrected chi connectivity index (χ3v) is 5.41. The van der Waals surface area contributed by atoms with Crippen molar-refractivity contribution in [1.82, 2.24) is 0 Å². The third kappa shape index (κ3) is 4.07. The number of rotatable bonds is 3. The van der Waals surface area contributed by atoms with Crippen LogP contribution in [0.5, 0.6) is 0 Å². The summed E-state index contributed by atoms with van der Waals surface area (Å²) < 4.78 is 14.2. The van der Waals surface area contributed by atoms with Crippen LogP contribution in [0.15, 0.2) is 47.0 Å². The van der Waals surface area contributed by atoms with Gasteiger partial charge in [0, 0.05) is 11.3 Å². The second-order valence-corrected chi connectivity index (χ2v) is 7.92. The number of anilines is 1. The Hall–Kier alpha value is -1.79. The van der Waals surface area contributed by atoms with Gasteiger partial charge in [0.2, 0.25) is 0 Å². The summed E-state index contributed by atoms with van der Waals surface area (Å²) in [6, 6.07) is 4.66. The molecule has 0 bridgehead atoms. The van der Waals surface area contributed by atoms with Crippen LogP contribution in [0.3, 0.4) is 0 Å². The van der Waals surface area contributed by atoms with E-state index in [0.717, 1.165) is 17.7 Å². The highest BCUT2D eigenvalue weighted by Crippen LogP contribution is 2.36. The van der Waals surface area contributed by atoms with E-state index >= 15 is 0 Å². The predicted octanol–water partition coefficient (Wildman–Crippen LogP) is 3.92. The van der Waals surface area contributed by atoms with Crippen molar-refractivity contribution in [2.24, 2.45) is 10.7 Å². The predicted molar refractivity (Wildman–Crippen MR) is 103 cm³/mol. The third-order valence-electron chi connectivity index (χ3n) is 4.31. The van der Waals surface area contributed by atoms with E-state index in [0.29, 0.717) is 17.2 Å². The second kappa shape index (κ2) is 7.22. The van der Waals surface area contributed by atoms with Gasteiger partial charge in [0.1, 0.15) is 5.82 Å². The SMILES string of the molecule is CC1(c2ccc(F)c(NC(=O)C3=CC(Cl)CC=C3)c2)CCSC(N)=N1. The number of amides is 1. The lowest BCUT2D eigenvalue weighted by atomic mass is 9.89. The smallest absolute Gasteiger partial charge is 0.255 e. The lowest BCUT2D eigenvalue weighted by Gasteiger charge is -2.30. The van der Waals surface area contributed by atoms with Gasteiger partial charge in [0.05, 0.1) is 16.6 Å². The number of benzene rings is 1. The summed E-state index contributed by atoms with van der Waals surface area (Å²) in [5.74, 6) is -0.0321. The number of nitrogens with one attached hydrogen (secondary N) is 1. The standard InChI is InChI=1S/C18H19ClFN3OS/c1-18(7-8-25-17(21)23-18)12-5-6-14(20)15(10-12)22-16(24)11-3-2-4-13(19)9-11/h2-3,5-6,9-10,13H,4,7-8H2,1H3,(H2,21,23)(H,22,24). The molecule has 3 rings (SSSR count). The van der Waals surface area contributed by atoms with E-state index in [-0.39, 0.29) is 17.0 Å². The maximum Gasteiger partial charge on any atom is 0.255 e. The molecule has 0 saturated carbocycles. The Morgan fingerprint density at radius 3 is 3.04 bits per heavy atom. The summed E-state index contributed by atoms with van der Waals surface area (Å²) >= 11 is 7.55. The molecule has 7 heteroatoms. The average molecular weight is 380 g/mol. The Labute approximate surface area is 155 Å². The maximum atomic E-state index is 14.2. The molecule has 3 N–H and O–H groups in total. The van der Waals surface area contributed by atoms with E-state index in [1.807, 2.05) is 13.0 Å². The van der Waals surface area contributed by atoms with Crippen molar-refractivity contribution in [2.75, 3.05) is 11.1 Å². The van der Waals surface area contributed by atoms with Crippen LogP contribution in [0.1, 0.15) is 25.3 Å². The minimum atomic E-state index is -0.520. The van der Waals surface area contributed by atoms with Gasteiger partial charge in [-0.1, -0.05) is 36.1 Å². The van der Waals surface area contributed by atoms with E-state index in [2.05, 4.69) is 10.3 Å². The Kier molecular flexibility index (Phi) is 5.20. The van der Waals surface area contributed by atoms with Gasteiger partial charge in [-0.05, 0) is 37.5 Å². The second-order valence-electron chi connectivity index (χ2n) is 6.25. The number of alkyl halides is 1. The number of amidine groups is 1. The molecule has 132 valence electrons. The summed E-state index contributed by atoms with van der Waals surface area (Å²) in [4.78, 5) is 16.9.